The molecule has 1 aromatic heterocycles. The molecule has 1 N–H and O–H groups in total. The molecule has 19 heavy (non-hydrogen) atoms. The van der Waals surface area contributed by atoms with E-state index >= 15 is 0 Å². The molecule has 3 rings (SSSR count). The highest BCUT2D eigenvalue weighted by Gasteiger charge is 2.31. The summed E-state index contributed by atoms with van der Waals surface area (Å²) in [7, 11) is 0. The second-order valence-electron chi connectivity index (χ2n) is 4.34. The maximum absolute atomic E-state index is 5.88. The van der Waals surface area contributed by atoms with E-state index < -0.39 is 0 Å². The lowest BCUT2D eigenvalue weighted by Crippen LogP contribution is -2.37. The van der Waals surface area contributed by atoms with E-state index in [1.165, 1.54) is 5.56 Å². The molecule has 2 aromatic rings. The fourth-order valence-corrected chi connectivity index (χ4v) is 4.31. The van der Waals surface area contributed by atoms with Crippen LogP contribution in [0.3, 0.4) is 0 Å². The van der Waals surface area contributed by atoms with Crippen molar-refractivity contribution in [3.8, 4) is 5.75 Å². The summed E-state index contributed by atoms with van der Waals surface area (Å²) in [6.45, 7) is 3.82. The number of fused-ring (bicyclic) bond motifs is 1. The van der Waals surface area contributed by atoms with Crippen LogP contribution in [0.1, 0.15) is 18.5 Å². The molecule has 5 heteroatoms. The molecule has 2 unspecified atom stereocenters. The lowest BCUT2D eigenvalue weighted by Gasteiger charge is -2.33. The average Bonchev–Trinajstić information content (AvgIpc) is 2.94. The van der Waals surface area contributed by atoms with Gasteiger partial charge >= 0.3 is 0 Å². The van der Waals surface area contributed by atoms with Crippen LogP contribution in [-0.2, 0) is 0 Å². The van der Waals surface area contributed by atoms with Crippen LogP contribution in [0.4, 0.5) is 0 Å². The molecule has 0 spiro atoms. The monoisotopic (exact) mass is 292 g/mol. The lowest BCUT2D eigenvalue weighted by molar-refractivity contribution is 0.261. The molecule has 0 aliphatic carbocycles. The molecule has 0 amide bonds. The first kappa shape index (κ1) is 13.0. The van der Waals surface area contributed by atoms with Gasteiger partial charge < -0.3 is 10.1 Å². The van der Waals surface area contributed by atoms with E-state index in [0.29, 0.717) is 11.3 Å². The van der Waals surface area contributed by atoms with Crippen molar-refractivity contribution in [3.05, 3.63) is 41.4 Å². The van der Waals surface area contributed by atoms with Crippen molar-refractivity contribution in [1.29, 1.82) is 0 Å². The first-order valence-electron chi connectivity index (χ1n) is 6.39. The van der Waals surface area contributed by atoms with E-state index in [2.05, 4.69) is 29.4 Å². The second kappa shape index (κ2) is 5.94. The molecular weight excluding hydrogens is 276 g/mol. The van der Waals surface area contributed by atoms with Crippen molar-refractivity contribution >= 4 is 23.1 Å². The summed E-state index contributed by atoms with van der Waals surface area (Å²) >= 11 is 3.49. The molecular formula is C14H16N2OS2. The van der Waals surface area contributed by atoms with Gasteiger partial charge in [0, 0.05) is 17.1 Å². The molecule has 1 aromatic carbocycles. The van der Waals surface area contributed by atoms with Gasteiger partial charge in [-0.15, -0.1) is 11.3 Å². The Labute approximate surface area is 121 Å². The summed E-state index contributed by atoms with van der Waals surface area (Å²) < 4.78 is 6.98. The van der Waals surface area contributed by atoms with Crippen molar-refractivity contribution in [3.63, 3.8) is 0 Å². The predicted octanol–water partition coefficient (Wildman–Crippen LogP) is 3.35. The third kappa shape index (κ3) is 2.78. The molecule has 100 valence electrons. The molecule has 0 saturated carbocycles. The number of thiazole rings is 1. The minimum absolute atomic E-state index is 0.323. The van der Waals surface area contributed by atoms with E-state index in [4.69, 9.17) is 4.74 Å². The van der Waals surface area contributed by atoms with Crippen LogP contribution in [-0.4, -0.2) is 23.4 Å². The van der Waals surface area contributed by atoms with E-state index in [1.54, 1.807) is 23.1 Å². The number of hydrogen-bond donors (Lipinski definition) is 1. The van der Waals surface area contributed by atoms with E-state index in [0.717, 1.165) is 23.2 Å². The Balaban J connectivity index is 1.85. The van der Waals surface area contributed by atoms with Gasteiger partial charge in [0.2, 0.25) is 0 Å². The zero-order valence-electron chi connectivity index (χ0n) is 10.7. The largest absolute Gasteiger partial charge is 0.492 e. The maximum Gasteiger partial charge on any atom is 0.150 e. The normalized spacial score (nSPS) is 21.7. The van der Waals surface area contributed by atoms with Crippen LogP contribution in [0.5, 0.6) is 5.75 Å². The van der Waals surface area contributed by atoms with Crippen LogP contribution in [0.2, 0.25) is 0 Å². The third-order valence-corrected chi connectivity index (χ3v) is 5.28. The Morgan fingerprint density at radius 2 is 2.37 bits per heavy atom. The Morgan fingerprint density at radius 1 is 1.47 bits per heavy atom. The number of nitrogens with one attached hydrogen (secondary N) is 1. The van der Waals surface area contributed by atoms with Gasteiger partial charge in [0.15, 0.2) is 0 Å². The van der Waals surface area contributed by atoms with Gasteiger partial charge in [0.25, 0.3) is 0 Å². The summed E-state index contributed by atoms with van der Waals surface area (Å²) in [6, 6.07) is 8.61. The first-order valence-corrected chi connectivity index (χ1v) is 8.15. The van der Waals surface area contributed by atoms with Gasteiger partial charge in [0.1, 0.15) is 16.7 Å². The number of hydrogen-bond acceptors (Lipinski definition) is 5. The summed E-state index contributed by atoms with van der Waals surface area (Å²) in [6.07, 6.45) is 1.85. The summed E-state index contributed by atoms with van der Waals surface area (Å²) in [5.41, 5.74) is 1.25. The smallest absolute Gasteiger partial charge is 0.150 e. The van der Waals surface area contributed by atoms with Crippen LogP contribution in [0.25, 0.3) is 0 Å². The molecule has 1 aliphatic rings. The lowest BCUT2D eigenvalue weighted by atomic mass is 10.0. The Bertz CT molecular complexity index is 530. The van der Waals surface area contributed by atoms with Crippen molar-refractivity contribution < 1.29 is 4.74 Å². The van der Waals surface area contributed by atoms with Crippen LogP contribution in [0, 0.1) is 0 Å². The second-order valence-corrected chi connectivity index (χ2v) is 6.72. The molecule has 1 aliphatic heterocycles. The predicted molar refractivity (Wildman–Crippen MR) is 80.1 cm³/mol. The van der Waals surface area contributed by atoms with E-state index in [-0.39, 0.29) is 0 Å². The molecule has 0 bridgehead atoms. The number of aromatic nitrogens is 1. The summed E-state index contributed by atoms with van der Waals surface area (Å²) in [4.78, 5) is 4.36. The van der Waals surface area contributed by atoms with Crippen molar-refractivity contribution in [2.75, 3.05) is 13.2 Å². The van der Waals surface area contributed by atoms with Gasteiger partial charge in [-0.25, -0.2) is 4.98 Å². The number of benzene rings is 1. The third-order valence-electron chi connectivity index (χ3n) is 3.11. The topological polar surface area (TPSA) is 34.1 Å². The van der Waals surface area contributed by atoms with Crippen LogP contribution < -0.4 is 10.1 Å². The summed E-state index contributed by atoms with van der Waals surface area (Å²) in [5.74, 6) is 1.00. The zero-order valence-corrected chi connectivity index (χ0v) is 12.3. The minimum Gasteiger partial charge on any atom is -0.492 e. The molecule has 0 saturated heterocycles. The highest BCUT2D eigenvalue weighted by Crippen LogP contribution is 2.40. The van der Waals surface area contributed by atoms with Gasteiger partial charge in [-0.2, -0.15) is 0 Å². The number of thioether (sulfide) groups is 1. The highest BCUT2D eigenvalue weighted by molar-refractivity contribution is 8.01. The molecule has 0 fully saturated rings. The highest BCUT2D eigenvalue weighted by atomic mass is 32.2. The number of nitrogens with zero attached hydrogens (tertiary/aromatic N) is 1. The van der Waals surface area contributed by atoms with Gasteiger partial charge in [-0.05, 0) is 12.6 Å². The quantitative estimate of drug-likeness (QED) is 0.937. The van der Waals surface area contributed by atoms with Crippen LogP contribution >= 0.6 is 23.1 Å². The number of para-hydroxylation sites is 1. The molecule has 3 nitrogen and oxygen atoms in total. The first-order chi connectivity index (χ1) is 9.38. The van der Waals surface area contributed by atoms with E-state index in [9.17, 15) is 0 Å². The standard InChI is InChI=1S/C14H16N2OS2/c1-2-15-13-10-5-3-4-6-11(10)17-9-12(13)19-14-16-7-8-18-14/h3-8,12-13,15H,2,9H2,1H3. The Morgan fingerprint density at radius 3 is 3.16 bits per heavy atom. The fraction of sp³-hybridized carbons (Fsp3) is 0.357. The number of rotatable bonds is 4. The van der Waals surface area contributed by atoms with Crippen molar-refractivity contribution in [2.24, 2.45) is 0 Å². The Kier molecular flexibility index (Phi) is 4.06. The van der Waals surface area contributed by atoms with Crippen molar-refractivity contribution in [1.82, 2.24) is 10.3 Å². The minimum atomic E-state index is 0.323. The zero-order chi connectivity index (χ0) is 13.1. The number of ether oxygens (including phenoxy) is 1. The van der Waals surface area contributed by atoms with Crippen LogP contribution in [0.15, 0.2) is 40.2 Å². The molecule has 2 atom stereocenters. The average molecular weight is 292 g/mol. The summed E-state index contributed by atoms with van der Waals surface area (Å²) in [5, 5.41) is 5.96. The van der Waals surface area contributed by atoms with Crippen molar-refractivity contribution in [2.45, 2.75) is 22.6 Å². The fourth-order valence-electron chi connectivity index (χ4n) is 2.30. The SMILES string of the molecule is CCNC1c2ccccc2OCC1Sc1nccs1. The van der Waals surface area contributed by atoms with E-state index in [1.807, 2.05) is 23.7 Å². The van der Waals surface area contributed by atoms with Gasteiger partial charge in [0.05, 0.1) is 11.3 Å². The Hall–Kier alpha value is -1.04. The molecule has 0 radical (unpaired) electrons. The maximum atomic E-state index is 5.88. The molecule has 2 heterocycles. The van der Waals surface area contributed by atoms with Gasteiger partial charge in [-0.1, -0.05) is 36.9 Å². The van der Waals surface area contributed by atoms with Gasteiger partial charge in [-0.3, -0.25) is 0 Å².